The molecule has 1 aromatic heterocycles. The van der Waals surface area contributed by atoms with Crippen LogP contribution in [0.1, 0.15) is 122 Å². The topological polar surface area (TPSA) is 443 Å². The van der Waals surface area contributed by atoms with Crippen LogP contribution in [0.2, 0.25) is 0 Å². The maximum absolute atomic E-state index is 14.8. The molecule has 9 atom stereocenters. The number of rotatable bonds is 40. The van der Waals surface area contributed by atoms with E-state index in [-0.39, 0.29) is 63.2 Å². The number of carbonyl (C=O) groups excluding carboxylic acids is 9. The molecule has 0 unspecified atom stereocenters. The van der Waals surface area contributed by atoms with Crippen molar-refractivity contribution in [2.24, 2.45) is 40.5 Å². The highest BCUT2D eigenvalue weighted by Crippen LogP contribution is 2.21. The number of phenols is 1. The number of carbonyl (C=O) groups is 9. The Kier molecular flexibility index (Phi) is 31.2. The number of aromatic amines is 1. The summed E-state index contributed by atoms with van der Waals surface area (Å²) in [6.07, 6.45) is 5.98. The number of aromatic nitrogens is 1. The molecule has 0 radical (unpaired) electrons. The summed E-state index contributed by atoms with van der Waals surface area (Å²) in [5.41, 5.74) is 31.5. The van der Waals surface area contributed by atoms with Crippen molar-refractivity contribution in [3.63, 3.8) is 0 Å². The third kappa shape index (κ3) is 24.1. The largest absolute Gasteiger partial charge is 0.508 e. The summed E-state index contributed by atoms with van der Waals surface area (Å²) in [4.78, 5) is 133. The fourth-order valence-corrected chi connectivity index (χ4v) is 10.3. The molecule has 0 spiro atoms. The van der Waals surface area contributed by atoms with Gasteiger partial charge < -0.3 is 86.2 Å². The third-order valence-electron chi connectivity index (χ3n) is 15.6. The van der Waals surface area contributed by atoms with Crippen molar-refractivity contribution in [2.75, 3.05) is 26.7 Å². The van der Waals surface area contributed by atoms with Crippen LogP contribution in [0.5, 0.6) is 5.75 Å². The Morgan fingerprint density at radius 3 is 1.59 bits per heavy atom. The van der Waals surface area contributed by atoms with Gasteiger partial charge in [-0.3, -0.25) is 48.6 Å². The molecule has 90 heavy (non-hydrogen) atoms. The van der Waals surface area contributed by atoms with Gasteiger partial charge in [0.25, 0.3) is 0 Å². The average Bonchev–Trinajstić information content (AvgIpc) is 1.66. The van der Waals surface area contributed by atoms with Crippen molar-refractivity contribution >= 4 is 70.0 Å². The summed E-state index contributed by atoms with van der Waals surface area (Å²) < 4.78 is 0. The number of amides is 9. The number of fused-ring (bicyclic) bond motifs is 1. The quantitative estimate of drug-likeness (QED) is 0.0168. The van der Waals surface area contributed by atoms with Crippen molar-refractivity contribution < 1.29 is 48.3 Å². The maximum Gasteiger partial charge on any atom is 0.243 e. The summed E-state index contributed by atoms with van der Waals surface area (Å²) in [6.45, 7) is 9.62. The van der Waals surface area contributed by atoms with Gasteiger partial charge in [0.2, 0.25) is 53.2 Å². The smallest absolute Gasteiger partial charge is 0.243 e. The van der Waals surface area contributed by atoms with Crippen LogP contribution in [0.15, 0.2) is 85.1 Å². The van der Waals surface area contributed by atoms with E-state index < -0.39 is 119 Å². The van der Waals surface area contributed by atoms with E-state index in [0.717, 1.165) is 10.9 Å². The fourth-order valence-electron chi connectivity index (χ4n) is 10.3. The van der Waals surface area contributed by atoms with Gasteiger partial charge in [-0.2, -0.15) is 0 Å². The Hall–Kier alpha value is -8.62. The normalized spacial score (nSPS) is 14.3. The molecule has 0 fully saturated rings. The zero-order valence-electron chi connectivity index (χ0n) is 52.9. The highest BCUT2D eigenvalue weighted by molar-refractivity contribution is 5.99. The number of benzene rings is 3. The van der Waals surface area contributed by atoms with Gasteiger partial charge in [0.1, 0.15) is 54.1 Å². The second-order valence-corrected chi connectivity index (χ2v) is 23.6. The number of likely N-dealkylation sites (N-methyl/N-ethyl adjacent to an activating group) is 1. The zero-order chi connectivity index (χ0) is 66.5. The monoisotopic (exact) mass is 1250 g/mol. The number of aromatic hydroxyl groups is 1. The Morgan fingerprint density at radius 2 is 1.02 bits per heavy atom. The standard InChI is InChI=1S/C64H98N16O10/c1-7-8-23-48(56(83)76-51(36-42-37-72-46-24-13-12-21-44(42)46)58(85)73-47(55(68)82)25-15-17-32-66)74-61(88)53(38(2)3)79-62(89)54(39(4)5)78-59(86)50(35-41-27-29-43(81)30-28-41)75-57(84)49(34-40-19-10-9-11-20-40)77-60(87)52(26-18-33-71-64(69)70)80(6)63(90)45(67)22-14-16-31-65/h9-13,19-21,24,27-30,37-39,45,47-54,72,81H,7-8,14-18,22-23,25-26,31-36,65-67H2,1-6H3,(H2,68,82)(H,73,85)(H,74,88)(H,75,84)(H,76,83)(H,77,87)(H,78,86)(H,79,89)(H4,69,70,71)/t45-,47+,48+,49+,50+,51+,52+,53+,54+/m1/s1. The van der Waals surface area contributed by atoms with Crippen LogP contribution in [0.3, 0.4) is 0 Å². The summed E-state index contributed by atoms with van der Waals surface area (Å²) >= 11 is 0. The van der Waals surface area contributed by atoms with Gasteiger partial charge in [-0.1, -0.05) is 115 Å². The van der Waals surface area contributed by atoms with Gasteiger partial charge in [0.05, 0.1) is 6.04 Å². The van der Waals surface area contributed by atoms with E-state index >= 15 is 0 Å². The molecule has 4 rings (SSSR count). The molecule has 0 saturated carbocycles. The summed E-state index contributed by atoms with van der Waals surface area (Å²) in [7, 11) is 1.45. The number of primary amides is 1. The summed E-state index contributed by atoms with van der Waals surface area (Å²) in [5.74, 6) is -7.98. The lowest BCUT2D eigenvalue weighted by Gasteiger charge is -2.32. The SMILES string of the molecule is CCCC[C@H](NC(=O)[C@@H](NC(=O)[C@@H](NC(=O)[C@H](Cc1ccc(O)cc1)NC(=O)[C@H](Cc1ccccc1)NC(=O)[C@H](CCCNC(=N)N)N(C)C(=O)[C@H](N)CCCCN)C(C)C)C(C)C)C(=O)N[C@@H](Cc1c[nH]c2ccccc12)C(=O)N[C@@H](CCCCN)C(N)=O. The number of hydrogen-bond acceptors (Lipinski definition) is 14. The van der Waals surface area contributed by atoms with Crippen molar-refractivity contribution in [3.8, 4) is 5.75 Å². The second-order valence-electron chi connectivity index (χ2n) is 23.6. The molecular weight excluding hydrogens is 1150 g/mol. The van der Waals surface area contributed by atoms with Crippen LogP contribution < -0.4 is 71.2 Å². The minimum Gasteiger partial charge on any atom is -0.508 e. The molecular formula is C64H98N16O10. The number of nitrogens with zero attached hydrogens (tertiary/aromatic N) is 1. The highest BCUT2D eigenvalue weighted by Gasteiger charge is 2.38. The first kappa shape index (κ1) is 73.8. The number of guanidine groups is 1. The molecule has 0 aliphatic carbocycles. The molecule has 494 valence electrons. The predicted molar refractivity (Wildman–Crippen MR) is 345 cm³/mol. The van der Waals surface area contributed by atoms with E-state index in [1.54, 1.807) is 76.4 Å². The maximum atomic E-state index is 14.8. The van der Waals surface area contributed by atoms with Crippen molar-refractivity contribution in [2.45, 2.75) is 179 Å². The lowest BCUT2D eigenvalue weighted by Crippen LogP contribution is -2.62. The first-order valence-electron chi connectivity index (χ1n) is 31.2. The average molecular weight is 1250 g/mol. The lowest BCUT2D eigenvalue weighted by molar-refractivity contribution is -0.141. The zero-order valence-corrected chi connectivity index (χ0v) is 52.9. The summed E-state index contributed by atoms with van der Waals surface area (Å²) in [5, 5.41) is 40.9. The molecule has 3 aromatic carbocycles. The second kappa shape index (κ2) is 38.0. The summed E-state index contributed by atoms with van der Waals surface area (Å²) in [6, 6.07) is 11.2. The molecule has 4 aromatic rings. The van der Waals surface area contributed by atoms with Gasteiger partial charge in [-0.05, 0) is 111 Å². The van der Waals surface area contributed by atoms with E-state index in [9.17, 15) is 48.3 Å². The Balaban J connectivity index is 1.63. The predicted octanol–water partition coefficient (Wildman–Crippen LogP) is 0.958. The number of hydrogen-bond donors (Lipinski definition) is 16. The Morgan fingerprint density at radius 1 is 0.544 bits per heavy atom. The minimum absolute atomic E-state index is 0.00121. The molecule has 1 heterocycles. The molecule has 0 bridgehead atoms. The Bertz CT molecular complexity index is 2980. The van der Waals surface area contributed by atoms with Crippen LogP contribution in [-0.2, 0) is 62.4 Å². The van der Waals surface area contributed by atoms with Crippen molar-refractivity contribution in [3.05, 3.63) is 102 Å². The number of H-pyrrole nitrogens is 1. The molecule has 0 aliphatic rings. The van der Waals surface area contributed by atoms with Crippen LogP contribution in [0.4, 0.5) is 0 Å². The highest BCUT2D eigenvalue weighted by atomic mass is 16.3. The first-order chi connectivity index (χ1) is 42.9. The van der Waals surface area contributed by atoms with E-state index in [4.69, 9.17) is 34.1 Å². The molecule has 0 aliphatic heterocycles. The Labute approximate surface area is 527 Å². The van der Waals surface area contributed by atoms with E-state index in [2.05, 4.69) is 47.5 Å². The number of phenolic OH excluding ortho intramolecular Hbond substituents is 1. The number of unbranched alkanes of at least 4 members (excludes halogenated alkanes) is 3. The molecule has 9 amide bonds. The molecule has 26 nitrogen and oxygen atoms in total. The van der Waals surface area contributed by atoms with Gasteiger partial charge in [-0.15, -0.1) is 0 Å². The van der Waals surface area contributed by atoms with Gasteiger partial charge in [-0.25, -0.2) is 0 Å². The molecule has 21 N–H and O–H groups in total. The van der Waals surface area contributed by atoms with Gasteiger partial charge >= 0.3 is 0 Å². The molecule has 0 saturated heterocycles. The van der Waals surface area contributed by atoms with Crippen LogP contribution >= 0.6 is 0 Å². The van der Waals surface area contributed by atoms with Crippen molar-refractivity contribution in [1.82, 2.24) is 52.4 Å². The van der Waals surface area contributed by atoms with E-state index in [1.165, 1.54) is 24.1 Å². The van der Waals surface area contributed by atoms with Gasteiger partial charge in [0.15, 0.2) is 5.96 Å². The first-order valence-corrected chi connectivity index (χ1v) is 31.2. The van der Waals surface area contributed by atoms with Crippen LogP contribution in [0.25, 0.3) is 10.9 Å². The number of para-hydroxylation sites is 1. The minimum atomic E-state index is -1.42. The van der Waals surface area contributed by atoms with E-state index in [0.29, 0.717) is 74.7 Å². The van der Waals surface area contributed by atoms with E-state index in [1.807, 2.05) is 31.2 Å². The number of nitrogens with one attached hydrogen (secondary N) is 10. The van der Waals surface area contributed by atoms with Gasteiger partial charge in [0, 0.05) is 50.0 Å². The molecule has 26 heteroatoms. The lowest BCUT2D eigenvalue weighted by atomic mass is 9.97. The van der Waals surface area contributed by atoms with Crippen molar-refractivity contribution in [1.29, 1.82) is 5.41 Å². The van der Waals surface area contributed by atoms with Crippen LogP contribution in [-0.4, -0.2) is 155 Å². The van der Waals surface area contributed by atoms with Crippen LogP contribution in [0, 0.1) is 17.2 Å². The fraction of sp³-hybridized carbons (Fsp3) is 0.531. The third-order valence-corrected chi connectivity index (χ3v) is 15.6. The number of nitrogens with two attached hydrogens (primary N) is 5.